The topological polar surface area (TPSA) is 58.2 Å². The highest BCUT2D eigenvalue weighted by Crippen LogP contribution is 2.23. The molecule has 0 saturated heterocycles. The molecule has 2 N–H and O–H groups in total. The number of benzene rings is 1. The lowest BCUT2D eigenvalue weighted by molar-refractivity contribution is -0.122. The van der Waals surface area contributed by atoms with Crippen molar-refractivity contribution in [3.05, 3.63) is 34.9 Å². The quantitative estimate of drug-likeness (QED) is 0.878. The number of carbonyl (C=O) groups excluding carboxylic acids is 2. The van der Waals surface area contributed by atoms with Gasteiger partial charge in [0.2, 0.25) is 5.91 Å². The van der Waals surface area contributed by atoms with Gasteiger partial charge in [-0.25, -0.2) is 0 Å². The summed E-state index contributed by atoms with van der Waals surface area (Å²) in [6, 6.07) is 6.22. The van der Waals surface area contributed by atoms with E-state index in [1.807, 2.05) is 0 Å². The van der Waals surface area contributed by atoms with E-state index < -0.39 is 6.04 Å². The van der Waals surface area contributed by atoms with E-state index in [4.69, 9.17) is 11.6 Å². The van der Waals surface area contributed by atoms with Crippen LogP contribution in [0.5, 0.6) is 0 Å². The normalized spacial score (nSPS) is 16.5. The van der Waals surface area contributed by atoms with Crippen molar-refractivity contribution in [1.82, 2.24) is 10.6 Å². The van der Waals surface area contributed by atoms with Gasteiger partial charge in [0.15, 0.2) is 0 Å². The highest BCUT2D eigenvalue weighted by Gasteiger charge is 2.20. The van der Waals surface area contributed by atoms with Crippen LogP contribution in [0.1, 0.15) is 43.0 Å². The predicted molar refractivity (Wildman–Crippen MR) is 83.3 cm³/mol. The summed E-state index contributed by atoms with van der Waals surface area (Å²) in [6.45, 7) is 2.38. The SMILES string of the molecule is CC(NC(=O)c1ccccc1Cl)C(=O)NCC1CCCC1. The van der Waals surface area contributed by atoms with Crippen LogP contribution in [0.15, 0.2) is 24.3 Å². The molecule has 0 heterocycles. The molecule has 0 aromatic heterocycles. The standard InChI is InChI=1S/C16H21ClN2O2/c1-11(15(20)18-10-12-6-2-3-7-12)19-16(21)13-8-4-5-9-14(13)17/h4-5,8-9,11-12H,2-3,6-7,10H2,1H3,(H,18,20)(H,19,21). The zero-order chi connectivity index (χ0) is 15.2. The molecule has 2 rings (SSSR count). The first kappa shape index (κ1) is 15.8. The van der Waals surface area contributed by atoms with Gasteiger partial charge in [0.1, 0.15) is 6.04 Å². The van der Waals surface area contributed by atoms with Crippen LogP contribution in [0.25, 0.3) is 0 Å². The van der Waals surface area contributed by atoms with Crippen LogP contribution in [0.2, 0.25) is 5.02 Å². The molecule has 1 fully saturated rings. The first-order chi connectivity index (χ1) is 10.1. The van der Waals surface area contributed by atoms with Crippen LogP contribution in [0.3, 0.4) is 0 Å². The van der Waals surface area contributed by atoms with Crippen LogP contribution < -0.4 is 10.6 Å². The Morgan fingerprint density at radius 3 is 2.62 bits per heavy atom. The van der Waals surface area contributed by atoms with Gasteiger partial charge in [0, 0.05) is 6.54 Å². The summed E-state index contributed by atoms with van der Waals surface area (Å²) < 4.78 is 0. The molecule has 0 spiro atoms. The average molecular weight is 309 g/mol. The third-order valence-electron chi connectivity index (χ3n) is 3.90. The van der Waals surface area contributed by atoms with Gasteiger partial charge in [-0.05, 0) is 37.8 Å². The van der Waals surface area contributed by atoms with Crippen LogP contribution in [0, 0.1) is 5.92 Å². The smallest absolute Gasteiger partial charge is 0.253 e. The summed E-state index contributed by atoms with van der Waals surface area (Å²) in [5.74, 6) is 0.104. The molecule has 5 heteroatoms. The molecule has 1 aromatic carbocycles. The molecule has 1 aliphatic carbocycles. The van der Waals surface area contributed by atoms with E-state index in [2.05, 4.69) is 10.6 Å². The molecule has 0 aliphatic heterocycles. The predicted octanol–water partition coefficient (Wildman–Crippen LogP) is 2.76. The second kappa shape index (κ2) is 7.46. The fourth-order valence-corrected chi connectivity index (χ4v) is 2.82. The summed E-state index contributed by atoms with van der Waals surface area (Å²) in [7, 11) is 0. The van der Waals surface area contributed by atoms with Crippen LogP contribution in [-0.4, -0.2) is 24.4 Å². The Morgan fingerprint density at radius 1 is 1.29 bits per heavy atom. The number of nitrogens with one attached hydrogen (secondary N) is 2. The highest BCUT2D eigenvalue weighted by atomic mass is 35.5. The molecular weight excluding hydrogens is 288 g/mol. The van der Waals surface area contributed by atoms with Gasteiger partial charge >= 0.3 is 0 Å². The Bertz CT molecular complexity index is 513. The number of carbonyl (C=O) groups is 2. The van der Waals surface area contributed by atoms with Gasteiger partial charge in [-0.3, -0.25) is 9.59 Å². The van der Waals surface area contributed by atoms with Crippen LogP contribution in [0.4, 0.5) is 0 Å². The van der Waals surface area contributed by atoms with E-state index >= 15 is 0 Å². The molecule has 114 valence electrons. The van der Waals surface area contributed by atoms with Crippen molar-refractivity contribution < 1.29 is 9.59 Å². The maximum absolute atomic E-state index is 12.1. The monoisotopic (exact) mass is 308 g/mol. The summed E-state index contributed by atoms with van der Waals surface area (Å²) >= 11 is 5.97. The van der Waals surface area contributed by atoms with E-state index in [0.717, 1.165) is 0 Å². The highest BCUT2D eigenvalue weighted by molar-refractivity contribution is 6.33. The summed E-state index contributed by atoms with van der Waals surface area (Å²) in [4.78, 5) is 24.1. The molecular formula is C16H21ClN2O2. The minimum absolute atomic E-state index is 0.151. The Morgan fingerprint density at radius 2 is 1.95 bits per heavy atom. The fraction of sp³-hybridized carbons (Fsp3) is 0.500. The van der Waals surface area contributed by atoms with E-state index in [0.29, 0.717) is 23.0 Å². The first-order valence-corrected chi connectivity index (χ1v) is 7.79. The Kier molecular flexibility index (Phi) is 5.62. The largest absolute Gasteiger partial charge is 0.354 e. The van der Waals surface area contributed by atoms with Gasteiger partial charge in [0.05, 0.1) is 10.6 Å². The van der Waals surface area contributed by atoms with Gasteiger partial charge < -0.3 is 10.6 Å². The maximum Gasteiger partial charge on any atom is 0.253 e. The number of amides is 2. The van der Waals surface area contributed by atoms with Crippen molar-refractivity contribution in [3.63, 3.8) is 0 Å². The number of halogens is 1. The average Bonchev–Trinajstić information content (AvgIpc) is 2.98. The van der Waals surface area contributed by atoms with Gasteiger partial charge in [0.25, 0.3) is 5.91 Å². The van der Waals surface area contributed by atoms with Crippen molar-refractivity contribution in [2.45, 2.75) is 38.6 Å². The van der Waals surface area contributed by atoms with E-state index in [-0.39, 0.29) is 11.8 Å². The van der Waals surface area contributed by atoms with Crippen molar-refractivity contribution in [3.8, 4) is 0 Å². The van der Waals surface area contributed by atoms with Gasteiger partial charge in [-0.1, -0.05) is 36.6 Å². The summed E-state index contributed by atoms with van der Waals surface area (Å²) in [5.41, 5.74) is 0.384. The zero-order valence-corrected chi connectivity index (χ0v) is 13.0. The molecule has 2 amide bonds. The molecule has 1 atom stereocenters. The number of hydrogen-bond donors (Lipinski definition) is 2. The molecule has 4 nitrogen and oxygen atoms in total. The third kappa shape index (κ3) is 4.46. The van der Waals surface area contributed by atoms with E-state index in [1.54, 1.807) is 31.2 Å². The molecule has 1 aromatic rings. The molecule has 0 bridgehead atoms. The van der Waals surface area contributed by atoms with Crippen LogP contribution >= 0.6 is 11.6 Å². The van der Waals surface area contributed by atoms with Gasteiger partial charge in [-0.2, -0.15) is 0 Å². The maximum atomic E-state index is 12.1. The van der Waals surface area contributed by atoms with Crippen molar-refractivity contribution >= 4 is 23.4 Å². The lowest BCUT2D eigenvalue weighted by Gasteiger charge is -2.16. The fourth-order valence-electron chi connectivity index (χ4n) is 2.60. The summed E-state index contributed by atoms with van der Waals surface area (Å²) in [5, 5.41) is 5.97. The third-order valence-corrected chi connectivity index (χ3v) is 4.23. The number of rotatable bonds is 5. The molecule has 1 saturated carbocycles. The Balaban J connectivity index is 1.82. The Labute approximate surface area is 130 Å². The molecule has 0 radical (unpaired) electrons. The van der Waals surface area contributed by atoms with Gasteiger partial charge in [-0.15, -0.1) is 0 Å². The van der Waals surface area contributed by atoms with E-state index in [9.17, 15) is 9.59 Å². The zero-order valence-electron chi connectivity index (χ0n) is 12.2. The minimum Gasteiger partial charge on any atom is -0.354 e. The van der Waals surface area contributed by atoms with Crippen molar-refractivity contribution in [1.29, 1.82) is 0 Å². The second-order valence-corrected chi connectivity index (χ2v) is 5.98. The minimum atomic E-state index is -0.574. The number of hydrogen-bond acceptors (Lipinski definition) is 2. The molecule has 21 heavy (non-hydrogen) atoms. The Hall–Kier alpha value is -1.55. The second-order valence-electron chi connectivity index (χ2n) is 5.57. The summed E-state index contributed by atoms with van der Waals surface area (Å²) in [6.07, 6.45) is 4.86. The van der Waals surface area contributed by atoms with Crippen molar-refractivity contribution in [2.75, 3.05) is 6.54 Å². The van der Waals surface area contributed by atoms with E-state index in [1.165, 1.54) is 25.7 Å². The van der Waals surface area contributed by atoms with Crippen LogP contribution in [-0.2, 0) is 4.79 Å². The lowest BCUT2D eigenvalue weighted by Crippen LogP contribution is -2.45. The first-order valence-electron chi connectivity index (χ1n) is 7.41. The lowest BCUT2D eigenvalue weighted by atomic mass is 10.1. The van der Waals surface area contributed by atoms with Crippen molar-refractivity contribution in [2.24, 2.45) is 5.92 Å². The molecule has 1 aliphatic rings. The molecule has 1 unspecified atom stereocenters.